The van der Waals surface area contributed by atoms with Crippen molar-refractivity contribution in [2.75, 3.05) is 6.54 Å². The van der Waals surface area contributed by atoms with Crippen molar-refractivity contribution < 1.29 is 29.0 Å². The predicted molar refractivity (Wildman–Crippen MR) is 135 cm³/mol. The third kappa shape index (κ3) is 7.38. The molecular weight excluding hydrogens is 460 g/mol. The fraction of sp³-hybridized carbons (Fsp3) is 0.464. The standard InChI is InChI=1S/C28H36N2O6/c1-27(2,3)36-25(33)28(16-10-11-17-29-28)24(32)23(31)22(18-20-12-6-4-7-13-20)30-26(34)35-19-21-14-8-5-9-15-21/h4-9,12-15,22-23,29,31H,10-11,16-19H2,1-3H3,(H,30,34)/t22-,23?,28-/m0/s1. The predicted octanol–water partition coefficient (Wildman–Crippen LogP) is 3.31. The number of benzene rings is 2. The van der Waals surface area contributed by atoms with Crippen molar-refractivity contribution in [1.29, 1.82) is 0 Å². The summed E-state index contributed by atoms with van der Waals surface area (Å²) in [6.07, 6.45) is -0.652. The molecule has 36 heavy (non-hydrogen) atoms. The van der Waals surface area contributed by atoms with E-state index < -0.39 is 41.1 Å². The molecule has 3 N–H and O–H groups in total. The van der Waals surface area contributed by atoms with E-state index in [-0.39, 0.29) is 19.4 Å². The number of esters is 1. The van der Waals surface area contributed by atoms with Crippen molar-refractivity contribution in [3.8, 4) is 0 Å². The summed E-state index contributed by atoms with van der Waals surface area (Å²) in [4.78, 5) is 39.6. The van der Waals surface area contributed by atoms with Crippen molar-refractivity contribution in [2.24, 2.45) is 0 Å². The van der Waals surface area contributed by atoms with Crippen LogP contribution < -0.4 is 10.6 Å². The van der Waals surface area contributed by atoms with Gasteiger partial charge in [0.15, 0.2) is 11.3 Å². The first-order chi connectivity index (χ1) is 17.1. The Labute approximate surface area is 212 Å². The van der Waals surface area contributed by atoms with Gasteiger partial charge in [0.1, 0.15) is 18.3 Å². The number of nitrogens with one attached hydrogen (secondary N) is 2. The highest BCUT2D eigenvalue weighted by atomic mass is 16.6. The number of carbonyl (C=O) groups excluding carboxylic acids is 3. The monoisotopic (exact) mass is 496 g/mol. The minimum absolute atomic E-state index is 0.0399. The second kappa shape index (κ2) is 12.1. The number of carbonyl (C=O) groups is 3. The third-order valence-corrected chi connectivity index (χ3v) is 6.04. The maximum Gasteiger partial charge on any atom is 0.407 e. The molecule has 0 radical (unpaired) electrons. The topological polar surface area (TPSA) is 114 Å². The summed E-state index contributed by atoms with van der Waals surface area (Å²) in [6, 6.07) is 17.4. The number of aliphatic hydroxyl groups is 1. The number of rotatable bonds is 9. The lowest BCUT2D eigenvalue weighted by Crippen LogP contribution is -2.66. The molecule has 1 heterocycles. The fourth-order valence-electron chi connectivity index (χ4n) is 4.22. The van der Waals surface area contributed by atoms with Gasteiger partial charge in [-0.15, -0.1) is 0 Å². The van der Waals surface area contributed by atoms with Gasteiger partial charge in [0.25, 0.3) is 0 Å². The number of alkyl carbamates (subject to hydrolysis) is 1. The number of ether oxygens (including phenoxy) is 2. The zero-order valence-corrected chi connectivity index (χ0v) is 21.2. The van der Waals surface area contributed by atoms with E-state index in [2.05, 4.69) is 10.6 Å². The molecule has 1 aliphatic rings. The highest BCUT2D eigenvalue weighted by Gasteiger charge is 2.52. The Balaban J connectivity index is 1.81. The average Bonchev–Trinajstić information content (AvgIpc) is 2.87. The summed E-state index contributed by atoms with van der Waals surface area (Å²) < 4.78 is 10.9. The van der Waals surface area contributed by atoms with Crippen LogP contribution in [0.3, 0.4) is 0 Å². The number of piperidine rings is 1. The second-order valence-corrected chi connectivity index (χ2v) is 10.1. The molecule has 1 saturated heterocycles. The Kier molecular flexibility index (Phi) is 9.23. The molecule has 0 spiro atoms. The van der Waals surface area contributed by atoms with Crippen molar-refractivity contribution in [3.63, 3.8) is 0 Å². The SMILES string of the molecule is CC(C)(C)OC(=O)[C@@]1(C(=O)C(O)[C@H](Cc2ccccc2)NC(=O)OCc2ccccc2)CCCCN1. The molecule has 0 aliphatic carbocycles. The molecule has 1 fully saturated rings. The van der Waals surface area contributed by atoms with Gasteiger partial charge in [-0.05, 0) is 64.1 Å². The molecular formula is C28H36N2O6. The molecule has 2 aromatic carbocycles. The van der Waals surface area contributed by atoms with Crippen LogP contribution in [0.15, 0.2) is 60.7 Å². The summed E-state index contributed by atoms with van der Waals surface area (Å²) in [7, 11) is 0. The molecule has 1 amide bonds. The van der Waals surface area contributed by atoms with Crippen molar-refractivity contribution in [2.45, 2.75) is 76.3 Å². The number of amides is 1. The lowest BCUT2D eigenvalue weighted by molar-refractivity contribution is -0.169. The van der Waals surface area contributed by atoms with Gasteiger partial charge in [0.2, 0.25) is 0 Å². The van der Waals surface area contributed by atoms with Crippen LogP contribution in [-0.4, -0.2) is 52.8 Å². The quantitative estimate of drug-likeness (QED) is 0.361. The Hall–Kier alpha value is -3.23. The molecule has 1 aliphatic heterocycles. The van der Waals surface area contributed by atoms with E-state index in [0.29, 0.717) is 13.0 Å². The summed E-state index contributed by atoms with van der Waals surface area (Å²) in [6.45, 7) is 5.66. The van der Waals surface area contributed by atoms with Crippen LogP contribution in [-0.2, 0) is 32.1 Å². The number of hydrogen-bond donors (Lipinski definition) is 3. The van der Waals surface area contributed by atoms with Crippen LogP contribution >= 0.6 is 0 Å². The van der Waals surface area contributed by atoms with Crippen molar-refractivity contribution in [1.82, 2.24) is 10.6 Å². The molecule has 8 nitrogen and oxygen atoms in total. The maximum absolute atomic E-state index is 13.7. The van der Waals surface area contributed by atoms with Gasteiger partial charge < -0.3 is 19.9 Å². The molecule has 3 atom stereocenters. The summed E-state index contributed by atoms with van der Waals surface area (Å²) in [5, 5.41) is 16.9. The number of hydrogen-bond acceptors (Lipinski definition) is 7. The Morgan fingerprint density at radius 2 is 1.61 bits per heavy atom. The van der Waals surface area contributed by atoms with E-state index in [0.717, 1.165) is 17.5 Å². The van der Waals surface area contributed by atoms with Gasteiger partial charge in [-0.2, -0.15) is 0 Å². The Bertz CT molecular complexity index is 1010. The molecule has 2 aromatic rings. The summed E-state index contributed by atoms with van der Waals surface area (Å²) in [5.41, 5.74) is -0.882. The Morgan fingerprint density at radius 1 is 1.00 bits per heavy atom. The largest absolute Gasteiger partial charge is 0.458 e. The number of Topliss-reactive ketones (excluding diaryl/α,β-unsaturated/α-hetero) is 1. The second-order valence-electron chi connectivity index (χ2n) is 10.1. The van der Waals surface area contributed by atoms with Crippen LogP contribution in [0.1, 0.15) is 51.2 Å². The first-order valence-corrected chi connectivity index (χ1v) is 12.3. The molecule has 194 valence electrons. The van der Waals surface area contributed by atoms with Gasteiger partial charge in [0.05, 0.1) is 6.04 Å². The number of ketones is 1. The zero-order chi connectivity index (χ0) is 26.2. The van der Waals surface area contributed by atoms with Crippen molar-refractivity contribution in [3.05, 3.63) is 71.8 Å². The van der Waals surface area contributed by atoms with Gasteiger partial charge in [-0.25, -0.2) is 9.59 Å². The van der Waals surface area contributed by atoms with E-state index >= 15 is 0 Å². The lowest BCUT2D eigenvalue weighted by atomic mass is 9.80. The van der Waals surface area contributed by atoms with Crippen LogP contribution in [0.4, 0.5) is 4.79 Å². The van der Waals surface area contributed by atoms with Crippen LogP contribution in [0.25, 0.3) is 0 Å². The van der Waals surface area contributed by atoms with Crippen LogP contribution in [0.2, 0.25) is 0 Å². The molecule has 0 aromatic heterocycles. The van der Waals surface area contributed by atoms with Gasteiger partial charge in [-0.3, -0.25) is 10.1 Å². The van der Waals surface area contributed by atoms with E-state index in [1.807, 2.05) is 60.7 Å². The molecule has 0 saturated carbocycles. The summed E-state index contributed by atoms with van der Waals surface area (Å²) >= 11 is 0. The minimum atomic E-state index is -1.69. The van der Waals surface area contributed by atoms with Gasteiger partial charge >= 0.3 is 12.1 Å². The van der Waals surface area contributed by atoms with E-state index in [4.69, 9.17) is 9.47 Å². The van der Waals surface area contributed by atoms with Gasteiger partial charge in [-0.1, -0.05) is 60.7 Å². The molecule has 0 bridgehead atoms. The lowest BCUT2D eigenvalue weighted by Gasteiger charge is -2.39. The summed E-state index contributed by atoms with van der Waals surface area (Å²) in [5.74, 6) is -1.44. The van der Waals surface area contributed by atoms with E-state index in [9.17, 15) is 19.5 Å². The van der Waals surface area contributed by atoms with E-state index in [1.54, 1.807) is 20.8 Å². The van der Waals surface area contributed by atoms with Gasteiger partial charge in [0, 0.05) is 0 Å². The zero-order valence-electron chi connectivity index (χ0n) is 21.2. The first kappa shape index (κ1) is 27.4. The molecule has 8 heteroatoms. The minimum Gasteiger partial charge on any atom is -0.458 e. The van der Waals surface area contributed by atoms with Crippen molar-refractivity contribution >= 4 is 17.8 Å². The molecule has 3 rings (SSSR count). The van der Waals surface area contributed by atoms with Crippen LogP contribution in [0.5, 0.6) is 0 Å². The van der Waals surface area contributed by atoms with Crippen LogP contribution in [0, 0.1) is 0 Å². The fourth-order valence-corrected chi connectivity index (χ4v) is 4.22. The highest BCUT2D eigenvalue weighted by Crippen LogP contribution is 2.27. The Morgan fingerprint density at radius 3 is 2.17 bits per heavy atom. The first-order valence-electron chi connectivity index (χ1n) is 12.3. The molecule has 1 unspecified atom stereocenters. The average molecular weight is 497 g/mol. The smallest absolute Gasteiger partial charge is 0.407 e. The highest BCUT2D eigenvalue weighted by molar-refractivity contribution is 6.11. The maximum atomic E-state index is 13.7. The third-order valence-electron chi connectivity index (χ3n) is 6.04. The normalized spacial score (nSPS) is 19.6. The number of aliphatic hydroxyl groups excluding tert-OH is 1. The van der Waals surface area contributed by atoms with E-state index in [1.165, 1.54) is 0 Å².